The fraction of sp³-hybridized carbons (Fsp3) is 0.364. The Morgan fingerprint density at radius 1 is 1.19 bits per heavy atom. The van der Waals surface area contributed by atoms with E-state index in [1.54, 1.807) is 23.1 Å². The van der Waals surface area contributed by atoms with E-state index in [9.17, 15) is 9.18 Å². The lowest BCUT2D eigenvalue weighted by atomic mass is 10.1. The highest BCUT2D eigenvalue weighted by Crippen LogP contribution is 2.26. The number of fused-ring (bicyclic) bond motifs is 1. The van der Waals surface area contributed by atoms with E-state index in [0.717, 1.165) is 29.2 Å². The number of nitrogens with zero attached hydrogens (tertiary/aromatic N) is 3. The van der Waals surface area contributed by atoms with Crippen LogP contribution in [-0.4, -0.2) is 54.4 Å². The molecule has 1 N–H and O–H groups in total. The standard InChI is InChI=1S/C22H25FN4O3.HI/c1-3-24-22(25-14-20-15(2)17-13-16(23)6-7-18(17)30-20)27-10-8-26(9-11-27)21(28)19-5-4-12-29-19;/h4-7,12-13H,3,8-11,14H2,1-2H3,(H,24,25);1H. The molecule has 0 atom stereocenters. The zero-order valence-corrected chi connectivity index (χ0v) is 19.9. The summed E-state index contributed by atoms with van der Waals surface area (Å²) < 4.78 is 24.6. The van der Waals surface area contributed by atoms with Crippen molar-refractivity contribution in [2.45, 2.75) is 20.4 Å². The summed E-state index contributed by atoms with van der Waals surface area (Å²) in [7, 11) is 0. The molecule has 166 valence electrons. The average molecular weight is 540 g/mol. The number of carbonyl (C=O) groups is 1. The summed E-state index contributed by atoms with van der Waals surface area (Å²) in [5.74, 6) is 1.48. The van der Waals surface area contributed by atoms with Crippen LogP contribution in [0.15, 0.2) is 50.4 Å². The van der Waals surface area contributed by atoms with E-state index < -0.39 is 0 Å². The maximum Gasteiger partial charge on any atom is 0.289 e. The molecule has 0 bridgehead atoms. The van der Waals surface area contributed by atoms with Crippen molar-refractivity contribution in [1.29, 1.82) is 0 Å². The number of carbonyl (C=O) groups excluding carboxylic acids is 1. The highest BCUT2D eigenvalue weighted by Gasteiger charge is 2.25. The maximum absolute atomic E-state index is 13.5. The van der Waals surface area contributed by atoms with Crippen molar-refractivity contribution in [1.82, 2.24) is 15.1 Å². The topological polar surface area (TPSA) is 74.2 Å². The number of piperazine rings is 1. The van der Waals surface area contributed by atoms with Crippen molar-refractivity contribution in [3.8, 4) is 0 Å². The van der Waals surface area contributed by atoms with Gasteiger partial charge in [-0.15, -0.1) is 24.0 Å². The molecule has 7 nitrogen and oxygen atoms in total. The number of hydrogen-bond donors (Lipinski definition) is 1. The molecule has 0 aliphatic carbocycles. The second-order valence-corrected chi connectivity index (χ2v) is 7.22. The number of guanidine groups is 1. The van der Waals surface area contributed by atoms with Gasteiger partial charge in [0.05, 0.1) is 6.26 Å². The Morgan fingerprint density at radius 2 is 1.94 bits per heavy atom. The van der Waals surface area contributed by atoms with Gasteiger partial charge in [0.25, 0.3) is 5.91 Å². The normalized spacial score (nSPS) is 14.6. The monoisotopic (exact) mass is 540 g/mol. The largest absolute Gasteiger partial charge is 0.459 e. The summed E-state index contributed by atoms with van der Waals surface area (Å²) in [6, 6.07) is 7.93. The highest BCUT2D eigenvalue weighted by atomic mass is 127. The third-order valence-electron chi connectivity index (χ3n) is 5.30. The second kappa shape index (κ2) is 10.2. The number of furan rings is 2. The first-order valence-corrected chi connectivity index (χ1v) is 10.1. The van der Waals surface area contributed by atoms with Gasteiger partial charge in [-0.3, -0.25) is 4.79 Å². The lowest BCUT2D eigenvalue weighted by Gasteiger charge is -2.36. The Bertz CT molecular complexity index is 1060. The SMILES string of the molecule is CCNC(=NCc1oc2ccc(F)cc2c1C)N1CCN(C(=O)c2ccco2)CC1.I. The number of halogens is 2. The number of aryl methyl sites for hydroxylation is 1. The third-order valence-corrected chi connectivity index (χ3v) is 5.30. The molecule has 4 rings (SSSR count). The number of hydrogen-bond acceptors (Lipinski definition) is 4. The van der Waals surface area contributed by atoms with E-state index in [1.807, 2.05) is 13.8 Å². The number of benzene rings is 1. The molecule has 1 fully saturated rings. The van der Waals surface area contributed by atoms with Crippen LogP contribution >= 0.6 is 24.0 Å². The van der Waals surface area contributed by atoms with Crippen LogP contribution in [0, 0.1) is 12.7 Å². The molecule has 1 aliphatic rings. The first-order valence-electron chi connectivity index (χ1n) is 10.1. The van der Waals surface area contributed by atoms with Crippen LogP contribution in [0.5, 0.6) is 0 Å². The van der Waals surface area contributed by atoms with E-state index in [1.165, 1.54) is 18.4 Å². The van der Waals surface area contributed by atoms with Gasteiger partial charge >= 0.3 is 0 Å². The summed E-state index contributed by atoms with van der Waals surface area (Å²) in [6.45, 7) is 7.54. The number of rotatable bonds is 4. The Hall–Kier alpha value is -2.56. The molecule has 2 aromatic heterocycles. The smallest absolute Gasteiger partial charge is 0.289 e. The van der Waals surface area contributed by atoms with E-state index in [-0.39, 0.29) is 35.7 Å². The molecule has 1 amide bonds. The molecule has 3 aromatic rings. The molecule has 3 heterocycles. The molecule has 0 radical (unpaired) electrons. The minimum atomic E-state index is -0.281. The maximum atomic E-state index is 13.5. The predicted molar refractivity (Wildman–Crippen MR) is 127 cm³/mol. The predicted octanol–water partition coefficient (Wildman–Crippen LogP) is 4.01. The molecule has 0 unspecified atom stereocenters. The molecule has 31 heavy (non-hydrogen) atoms. The number of nitrogens with one attached hydrogen (secondary N) is 1. The molecule has 1 aliphatic heterocycles. The summed E-state index contributed by atoms with van der Waals surface area (Å²) in [5.41, 5.74) is 1.56. The van der Waals surface area contributed by atoms with E-state index >= 15 is 0 Å². The van der Waals surface area contributed by atoms with Crippen LogP contribution in [0.1, 0.15) is 28.8 Å². The van der Waals surface area contributed by atoms with Gasteiger partial charge in [0, 0.05) is 43.7 Å². The zero-order valence-electron chi connectivity index (χ0n) is 17.6. The van der Waals surface area contributed by atoms with Gasteiger partial charge in [-0.1, -0.05) is 0 Å². The quantitative estimate of drug-likeness (QED) is 0.308. The van der Waals surface area contributed by atoms with E-state index in [0.29, 0.717) is 44.1 Å². The van der Waals surface area contributed by atoms with Gasteiger partial charge < -0.3 is 24.0 Å². The average Bonchev–Trinajstić information content (AvgIpc) is 3.40. The molecule has 9 heteroatoms. The van der Waals surface area contributed by atoms with Crippen LogP contribution in [0.4, 0.5) is 4.39 Å². The third kappa shape index (κ3) is 5.03. The molecular formula is C22H26FIN4O3. The fourth-order valence-corrected chi connectivity index (χ4v) is 3.64. The van der Waals surface area contributed by atoms with Gasteiger partial charge in [0.15, 0.2) is 11.7 Å². The first kappa shape index (κ1) is 23.1. The highest BCUT2D eigenvalue weighted by molar-refractivity contribution is 14.0. The van der Waals surface area contributed by atoms with Gasteiger partial charge in [0.2, 0.25) is 0 Å². The Labute approximate surface area is 197 Å². The summed E-state index contributed by atoms with van der Waals surface area (Å²) >= 11 is 0. The molecule has 1 aromatic carbocycles. The van der Waals surface area contributed by atoms with E-state index in [2.05, 4.69) is 10.2 Å². The van der Waals surface area contributed by atoms with Crippen molar-refractivity contribution in [3.63, 3.8) is 0 Å². The zero-order chi connectivity index (χ0) is 21.1. The van der Waals surface area contributed by atoms with Gasteiger partial charge in [-0.05, 0) is 44.2 Å². The van der Waals surface area contributed by atoms with Crippen molar-refractivity contribution >= 4 is 46.8 Å². The first-order chi connectivity index (χ1) is 14.6. The van der Waals surface area contributed by atoms with Crippen LogP contribution < -0.4 is 5.32 Å². The molecule has 0 saturated carbocycles. The van der Waals surface area contributed by atoms with E-state index in [4.69, 9.17) is 13.8 Å². The summed E-state index contributed by atoms with van der Waals surface area (Å²) in [4.78, 5) is 21.1. The lowest BCUT2D eigenvalue weighted by molar-refractivity contribution is 0.0657. The van der Waals surface area contributed by atoms with Crippen LogP contribution in [0.3, 0.4) is 0 Å². The molecular weight excluding hydrogens is 514 g/mol. The van der Waals surface area contributed by atoms with Gasteiger partial charge in [0.1, 0.15) is 23.7 Å². The number of aliphatic imine (C=N–C) groups is 1. The van der Waals surface area contributed by atoms with Crippen LogP contribution in [0.25, 0.3) is 11.0 Å². The number of amides is 1. The summed E-state index contributed by atoms with van der Waals surface area (Å²) in [6.07, 6.45) is 1.51. The van der Waals surface area contributed by atoms with Crippen molar-refractivity contribution in [2.24, 2.45) is 4.99 Å². The van der Waals surface area contributed by atoms with Gasteiger partial charge in [-0.2, -0.15) is 0 Å². The Balaban J connectivity index is 0.00000272. The van der Waals surface area contributed by atoms with Crippen molar-refractivity contribution < 1.29 is 18.0 Å². The van der Waals surface area contributed by atoms with Crippen molar-refractivity contribution in [2.75, 3.05) is 32.7 Å². The molecule has 0 spiro atoms. The lowest BCUT2D eigenvalue weighted by Crippen LogP contribution is -2.53. The van der Waals surface area contributed by atoms with Gasteiger partial charge in [-0.25, -0.2) is 9.38 Å². The summed E-state index contributed by atoms with van der Waals surface area (Å²) in [5, 5.41) is 4.08. The Kier molecular flexibility index (Phi) is 7.58. The van der Waals surface area contributed by atoms with Crippen LogP contribution in [-0.2, 0) is 6.54 Å². The Morgan fingerprint density at radius 3 is 2.61 bits per heavy atom. The van der Waals surface area contributed by atoms with Crippen molar-refractivity contribution in [3.05, 3.63) is 59.5 Å². The van der Waals surface area contributed by atoms with Crippen LogP contribution in [0.2, 0.25) is 0 Å². The fourth-order valence-electron chi connectivity index (χ4n) is 3.64. The molecule has 1 saturated heterocycles. The minimum absolute atomic E-state index is 0. The minimum Gasteiger partial charge on any atom is -0.459 e. The second-order valence-electron chi connectivity index (χ2n) is 7.22.